The predicted molar refractivity (Wildman–Crippen MR) is 72.4 cm³/mol. The molecule has 0 heterocycles. The Bertz CT molecular complexity index is 934. The molecule has 0 fully saturated rings. The lowest BCUT2D eigenvalue weighted by atomic mass is 9.89. The van der Waals surface area contributed by atoms with Crippen LogP contribution in [0, 0.1) is 0 Å². The van der Waals surface area contributed by atoms with Crippen LogP contribution in [0.2, 0.25) is 0 Å². The fourth-order valence-electron chi connectivity index (χ4n) is 2.66. The smallest absolute Gasteiger partial charge is 0.386 e. The summed E-state index contributed by atoms with van der Waals surface area (Å²) in [6.45, 7) is -3.93. The summed E-state index contributed by atoms with van der Waals surface area (Å²) in [7, 11) is 0. The lowest BCUT2D eigenvalue weighted by Gasteiger charge is -2.42. The molecule has 35 heavy (non-hydrogen) atoms. The van der Waals surface area contributed by atoms with Crippen molar-refractivity contribution in [1.29, 1.82) is 0 Å². The second-order valence-electron chi connectivity index (χ2n) is 6.94. The number of alkyl halides is 15. The van der Waals surface area contributed by atoms with Crippen molar-refractivity contribution in [1.82, 2.24) is 0 Å². The van der Waals surface area contributed by atoms with Crippen molar-refractivity contribution in [3.8, 4) is 0 Å². The van der Waals surface area contributed by atoms with Crippen molar-refractivity contribution in [3.63, 3.8) is 0 Å². The Kier molecular flexibility index (Phi) is 6.46. The fraction of sp³-hybridized carbons (Fsp3) is 0.733. The van der Waals surface area contributed by atoms with E-state index in [9.17, 15) is 79.0 Å². The van der Waals surface area contributed by atoms with E-state index in [0.717, 1.165) is 0 Å². The van der Waals surface area contributed by atoms with Crippen LogP contribution in [0.5, 0.6) is 0 Å². The normalized spacial score (nSPS) is 31.9. The van der Waals surface area contributed by atoms with Gasteiger partial charge in [-0.1, -0.05) is 0 Å². The van der Waals surface area contributed by atoms with Gasteiger partial charge in [-0.05, 0) is 0 Å². The summed E-state index contributed by atoms with van der Waals surface area (Å²) in [4.78, 5) is 0. The van der Waals surface area contributed by atoms with Gasteiger partial charge in [-0.3, -0.25) is 0 Å². The molecule has 2 rings (SSSR count). The van der Waals surface area contributed by atoms with E-state index in [1.165, 1.54) is 0 Å². The third-order valence-corrected chi connectivity index (χ3v) is 4.72. The Balaban J connectivity index is 2.23. The second kappa shape index (κ2) is 7.74. The maximum atomic E-state index is 14.1. The standard InChI is InChI=1S/C15H6F18O2/c16-4-5(17)11(25,15(32,33)13(28,29)8(4,19)20)35-3-1-2-34-7-6(18)9(21,22)12(26,27)14(30,31)10(7,23)24/h1-3H2. The van der Waals surface area contributed by atoms with E-state index in [2.05, 4.69) is 9.47 Å². The second-order valence-corrected chi connectivity index (χ2v) is 6.94. The Morgan fingerprint density at radius 3 is 1.34 bits per heavy atom. The van der Waals surface area contributed by atoms with E-state index in [0.29, 0.717) is 0 Å². The lowest BCUT2D eigenvalue weighted by Crippen LogP contribution is -2.68. The van der Waals surface area contributed by atoms with Crippen LogP contribution in [0.4, 0.5) is 79.0 Å². The van der Waals surface area contributed by atoms with E-state index in [1.807, 2.05) is 0 Å². The molecule has 1 unspecified atom stereocenters. The molecule has 0 radical (unpaired) electrons. The number of allylic oxidation sites excluding steroid dienone is 3. The van der Waals surface area contributed by atoms with Gasteiger partial charge >= 0.3 is 47.3 Å². The van der Waals surface area contributed by atoms with Crippen LogP contribution in [0.15, 0.2) is 23.2 Å². The molecule has 0 bridgehead atoms. The van der Waals surface area contributed by atoms with Crippen LogP contribution in [0.1, 0.15) is 6.42 Å². The van der Waals surface area contributed by atoms with Crippen molar-refractivity contribution >= 4 is 0 Å². The molecular formula is C15H6F18O2. The van der Waals surface area contributed by atoms with Gasteiger partial charge in [0.15, 0.2) is 0 Å². The van der Waals surface area contributed by atoms with Crippen molar-refractivity contribution in [3.05, 3.63) is 23.2 Å². The van der Waals surface area contributed by atoms with Crippen LogP contribution in [0.25, 0.3) is 0 Å². The van der Waals surface area contributed by atoms with E-state index in [4.69, 9.17) is 0 Å². The average molecular weight is 560 g/mol. The number of hydrogen-bond donors (Lipinski definition) is 0. The van der Waals surface area contributed by atoms with Crippen LogP contribution >= 0.6 is 0 Å². The molecule has 0 N–H and O–H groups in total. The Labute approximate surface area is 180 Å². The van der Waals surface area contributed by atoms with Gasteiger partial charge < -0.3 is 9.47 Å². The minimum absolute atomic E-state index is 1.58. The highest BCUT2D eigenvalue weighted by molar-refractivity contribution is 5.33. The molecule has 2 nitrogen and oxygen atoms in total. The predicted octanol–water partition coefficient (Wildman–Crippen LogP) is 6.88. The van der Waals surface area contributed by atoms with Crippen molar-refractivity contribution < 1.29 is 88.5 Å². The van der Waals surface area contributed by atoms with Gasteiger partial charge in [0.05, 0.1) is 13.2 Å². The molecule has 0 aromatic carbocycles. The van der Waals surface area contributed by atoms with Gasteiger partial charge in [-0.25, -0.2) is 13.2 Å². The first-order valence-corrected chi connectivity index (χ1v) is 8.39. The van der Waals surface area contributed by atoms with Gasteiger partial charge in [-0.2, -0.15) is 65.9 Å². The molecule has 0 aromatic heterocycles. The number of ether oxygens (including phenoxy) is 2. The molecule has 0 saturated carbocycles. The van der Waals surface area contributed by atoms with E-state index >= 15 is 0 Å². The van der Waals surface area contributed by atoms with Crippen LogP contribution in [-0.4, -0.2) is 60.5 Å². The number of hydrogen-bond acceptors (Lipinski definition) is 2. The first-order chi connectivity index (χ1) is 15.3. The highest BCUT2D eigenvalue weighted by Crippen LogP contribution is 2.63. The summed E-state index contributed by atoms with van der Waals surface area (Å²) < 4.78 is 246. The summed E-state index contributed by atoms with van der Waals surface area (Å²) in [5, 5.41) is 0. The zero-order valence-electron chi connectivity index (χ0n) is 15.7. The Morgan fingerprint density at radius 1 is 0.457 bits per heavy atom. The van der Waals surface area contributed by atoms with Crippen LogP contribution in [0.3, 0.4) is 0 Å². The molecule has 204 valence electrons. The highest BCUT2D eigenvalue weighted by atomic mass is 19.4. The maximum absolute atomic E-state index is 14.1. The number of halogens is 18. The zero-order valence-corrected chi connectivity index (χ0v) is 15.7. The Hall–Kier alpha value is -2.02. The van der Waals surface area contributed by atoms with E-state index < -0.39 is 90.2 Å². The molecule has 0 saturated heterocycles. The molecule has 0 aliphatic heterocycles. The van der Waals surface area contributed by atoms with Gasteiger partial charge in [-0.15, -0.1) is 0 Å². The molecule has 2 aliphatic rings. The zero-order chi connectivity index (χ0) is 27.8. The van der Waals surface area contributed by atoms with Crippen molar-refractivity contribution in [2.24, 2.45) is 0 Å². The topological polar surface area (TPSA) is 18.5 Å². The summed E-state index contributed by atoms with van der Waals surface area (Å²) in [5.41, 5.74) is 0. The third-order valence-electron chi connectivity index (χ3n) is 4.72. The van der Waals surface area contributed by atoms with Crippen LogP contribution in [-0.2, 0) is 9.47 Å². The van der Waals surface area contributed by atoms with Gasteiger partial charge in [0.1, 0.15) is 0 Å². The maximum Gasteiger partial charge on any atom is 0.386 e. The first-order valence-electron chi connectivity index (χ1n) is 8.39. The molecule has 0 aromatic rings. The van der Waals surface area contributed by atoms with Crippen molar-refractivity contribution in [2.75, 3.05) is 13.2 Å². The summed E-state index contributed by atoms with van der Waals surface area (Å²) in [5.74, 6) is -68.5. The quantitative estimate of drug-likeness (QED) is 0.261. The van der Waals surface area contributed by atoms with Gasteiger partial charge in [0.2, 0.25) is 23.2 Å². The van der Waals surface area contributed by atoms with Crippen LogP contribution < -0.4 is 0 Å². The molecule has 1 atom stereocenters. The SMILES string of the molecule is FC1=C(OCCCOC2(F)C(F)=C(F)C(F)(F)C(F)(F)C2(F)F)C(F)(F)C(F)(F)C(F)(F)C1(F)F. The van der Waals surface area contributed by atoms with Gasteiger partial charge in [0, 0.05) is 6.42 Å². The van der Waals surface area contributed by atoms with E-state index in [1.54, 1.807) is 0 Å². The average Bonchev–Trinajstić information content (AvgIpc) is 2.71. The molecule has 0 amide bonds. The summed E-state index contributed by atoms with van der Waals surface area (Å²) >= 11 is 0. The largest absolute Gasteiger partial charge is 0.489 e. The van der Waals surface area contributed by atoms with E-state index in [-0.39, 0.29) is 0 Å². The highest BCUT2D eigenvalue weighted by Gasteiger charge is 2.88. The third kappa shape index (κ3) is 3.32. The fourth-order valence-corrected chi connectivity index (χ4v) is 2.66. The minimum atomic E-state index is -6.99. The van der Waals surface area contributed by atoms with Crippen molar-refractivity contribution in [2.45, 2.75) is 53.7 Å². The number of rotatable bonds is 6. The van der Waals surface area contributed by atoms with Gasteiger partial charge in [0.25, 0.3) is 0 Å². The summed E-state index contributed by atoms with van der Waals surface area (Å²) in [6, 6.07) is 0. The lowest BCUT2D eigenvalue weighted by molar-refractivity contribution is -0.391. The molecule has 2 aliphatic carbocycles. The Morgan fingerprint density at radius 2 is 0.857 bits per heavy atom. The molecular weight excluding hydrogens is 554 g/mol. The molecule has 20 heteroatoms. The summed E-state index contributed by atoms with van der Waals surface area (Å²) in [6.07, 6.45) is -1.58. The monoisotopic (exact) mass is 560 g/mol. The molecule has 0 spiro atoms. The first kappa shape index (κ1) is 29.2. The minimum Gasteiger partial charge on any atom is -0.489 e.